The summed E-state index contributed by atoms with van der Waals surface area (Å²) in [6, 6.07) is 58.3. The summed E-state index contributed by atoms with van der Waals surface area (Å²) >= 11 is 0.114. The zero-order chi connectivity index (χ0) is 32.3. The molecular weight excluding hydrogens is 661 g/mol. The summed E-state index contributed by atoms with van der Waals surface area (Å²) in [6.45, 7) is 0. The van der Waals surface area contributed by atoms with Crippen LogP contribution in [0.4, 0.5) is 0 Å². The van der Waals surface area contributed by atoms with Gasteiger partial charge < -0.3 is 0 Å². The van der Waals surface area contributed by atoms with E-state index < -0.39 is 0 Å². The van der Waals surface area contributed by atoms with Crippen molar-refractivity contribution in [1.82, 2.24) is 15.0 Å². The van der Waals surface area contributed by atoms with E-state index in [0.29, 0.717) is 17.5 Å². The molecule has 0 spiro atoms. The SMILES string of the molecule is c1ccc(-c2nc(-c3ccc4ccccc4c3)nc(-c3cc4c5cccc(-c6ccccc6)c5[se]c4c4c3ccc3ccccc34)n2)cc1. The zero-order valence-electron chi connectivity index (χ0n) is 26.3. The molecule has 10 aromatic rings. The van der Waals surface area contributed by atoms with Crippen LogP contribution in [0.15, 0.2) is 164 Å². The van der Waals surface area contributed by atoms with E-state index in [-0.39, 0.29) is 14.5 Å². The Kier molecular flexibility index (Phi) is 6.51. The Morgan fingerprint density at radius 3 is 1.78 bits per heavy atom. The van der Waals surface area contributed by atoms with E-state index in [1.54, 1.807) is 0 Å². The van der Waals surface area contributed by atoms with Crippen LogP contribution in [0.2, 0.25) is 0 Å². The molecular formula is C45H27N3Se. The van der Waals surface area contributed by atoms with Gasteiger partial charge in [0.1, 0.15) is 0 Å². The Morgan fingerprint density at radius 2 is 0.959 bits per heavy atom. The second kappa shape index (κ2) is 11.3. The van der Waals surface area contributed by atoms with Gasteiger partial charge in [-0.2, -0.15) is 0 Å². The van der Waals surface area contributed by atoms with E-state index >= 15 is 0 Å². The second-order valence-electron chi connectivity index (χ2n) is 12.4. The van der Waals surface area contributed by atoms with Crippen molar-refractivity contribution in [2.24, 2.45) is 0 Å². The van der Waals surface area contributed by atoms with Crippen LogP contribution in [0.1, 0.15) is 0 Å². The van der Waals surface area contributed by atoms with Gasteiger partial charge >= 0.3 is 284 Å². The molecule has 0 amide bonds. The van der Waals surface area contributed by atoms with Gasteiger partial charge in [-0.1, -0.05) is 6.07 Å². The summed E-state index contributed by atoms with van der Waals surface area (Å²) in [5, 5.41) is 9.90. The maximum absolute atomic E-state index is 5.27. The van der Waals surface area contributed by atoms with Crippen molar-refractivity contribution in [2.75, 3.05) is 0 Å². The topological polar surface area (TPSA) is 38.7 Å². The number of aromatic nitrogens is 3. The van der Waals surface area contributed by atoms with Gasteiger partial charge in [0.05, 0.1) is 0 Å². The fraction of sp³-hybridized carbons (Fsp3) is 0. The van der Waals surface area contributed by atoms with Crippen molar-refractivity contribution < 1.29 is 0 Å². The average Bonchev–Trinajstić information content (AvgIpc) is 3.56. The van der Waals surface area contributed by atoms with Gasteiger partial charge in [0.25, 0.3) is 0 Å². The molecule has 0 saturated heterocycles. The Morgan fingerprint density at radius 1 is 0.327 bits per heavy atom. The number of hydrogen-bond acceptors (Lipinski definition) is 3. The predicted octanol–water partition coefficient (Wildman–Crippen LogP) is 11.4. The third-order valence-electron chi connectivity index (χ3n) is 9.49. The minimum absolute atomic E-state index is 0.114. The molecule has 2 aromatic heterocycles. The molecule has 8 aromatic carbocycles. The van der Waals surface area contributed by atoms with Crippen LogP contribution < -0.4 is 0 Å². The first-order valence-corrected chi connectivity index (χ1v) is 18.2. The van der Waals surface area contributed by atoms with Crippen LogP contribution in [0.5, 0.6) is 0 Å². The summed E-state index contributed by atoms with van der Waals surface area (Å²) in [4.78, 5) is 15.6. The molecule has 0 aliphatic rings. The standard InChI is InChI=1S/C45H27N3Se/c1-3-13-29(14-4-1)35-20-11-21-37-38-27-39(36-25-24-30-15-9-10-19-34(30)40(36)42(38)49-41(35)37)45-47-43(31-16-5-2-6-17-31)46-44(48-45)33-23-22-28-12-7-8-18-32(28)26-33/h1-27H. The van der Waals surface area contributed by atoms with Crippen molar-refractivity contribution in [1.29, 1.82) is 0 Å². The van der Waals surface area contributed by atoms with Crippen LogP contribution in [0.25, 0.3) is 96.9 Å². The van der Waals surface area contributed by atoms with Crippen molar-refractivity contribution in [3.8, 4) is 45.3 Å². The predicted molar refractivity (Wildman–Crippen MR) is 206 cm³/mol. The fourth-order valence-corrected chi connectivity index (χ4v) is 10.0. The molecule has 0 atom stereocenters. The van der Waals surface area contributed by atoms with E-state index in [4.69, 9.17) is 15.0 Å². The molecule has 4 heteroatoms. The molecule has 2 heterocycles. The molecule has 10 rings (SSSR count). The molecule has 0 radical (unpaired) electrons. The van der Waals surface area contributed by atoms with E-state index in [1.165, 1.54) is 57.4 Å². The van der Waals surface area contributed by atoms with Crippen molar-refractivity contribution in [2.45, 2.75) is 0 Å². The van der Waals surface area contributed by atoms with Gasteiger partial charge in [0.2, 0.25) is 0 Å². The monoisotopic (exact) mass is 689 g/mol. The second-order valence-corrected chi connectivity index (χ2v) is 14.5. The van der Waals surface area contributed by atoms with Gasteiger partial charge in [-0.05, 0) is 0 Å². The Balaban J connectivity index is 1.31. The first-order chi connectivity index (χ1) is 24.3. The molecule has 0 saturated carbocycles. The average molecular weight is 689 g/mol. The Labute approximate surface area is 288 Å². The molecule has 49 heavy (non-hydrogen) atoms. The summed E-state index contributed by atoms with van der Waals surface area (Å²) in [6.07, 6.45) is 0. The van der Waals surface area contributed by atoms with Crippen molar-refractivity contribution >= 4 is 66.1 Å². The molecule has 0 bridgehead atoms. The number of rotatable bonds is 4. The van der Waals surface area contributed by atoms with Crippen molar-refractivity contribution in [3.63, 3.8) is 0 Å². The third kappa shape index (κ3) is 4.69. The summed E-state index contributed by atoms with van der Waals surface area (Å²) in [7, 11) is 0. The van der Waals surface area contributed by atoms with Crippen LogP contribution in [-0.4, -0.2) is 29.5 Å². The maximum atomic E-state index is 5.27. The minimum atomic E-state index is 0.114. The van der Waals surface area contributed by atoms with E-state index in [0.717, 1.165) is 22.1 Å². The van der Waals surface area contributed by atoms with Crippen LogP contribution in [0, 0.1) is 0 Å². The number of fused-ring (bicyclic) bond motifs is 8. The van der Waals surface area contributed by atoms with Gasteiger partial charge in [-0.15, -0.1) is 0 Å². The molecule has 0 fully saturated rings. The van der Waals surface area contributed by atoms with Crippen LogP contribution in [0.3, 0.4) is 0 Å². The van der Waals surface area contributed by atoms with Gasteiger partial charge in [0, 0.05) is 0 Å². The molecule has 0 unspecified atom stereocenters. The quantitative estimate of drug-likeness (QED) is 0.136. The van der Waals surface area contributed by atoms with E-state index in [1.807, 2.05) is 18.2 Å². The van der Waals surface area contributed by atoms with Crippen molar-refractivity contribution in [3.05, 3.63) is 164 Å². The Hall–Kier alpha value is -5.93. The zero-order valence-corrected chi connectivity index (χ0v) is 28.1. The summed E-state index contributed by atoms with van der Waals surface area (Å²) in [5.41, 5.74) is 5.53. The summed E-state index contributed by atoms with van der Waals surface area (Å²) < 4.78 is 2.86. The first-order valence-electron chi connectivity index (χ1n) is 16.4. The molecule has 3 nitrogen and oxygen atoms in total. The number of nitrogens with zero attached hydrogens (tertiary/aromatic N) is 3. The number of benzene rings is 8. The van der Waals surface area contributed by atoms with Gasteiger partial charge in [-0.3, -0.25) is 0 Å². The van der Waals surface area contributed by atoms with E-state index in [9.17, 15) is 0 Å². The third-order valence-corrected chi connectivity index (χ3v) is 12.2. The molecule has 228 valence electrons. The Bertz CT molecular complexity index is 2880. The number of hydrogen-bond donors (Lipinski definition) is 0. The molecule has 0 aliphatic heterocycles. The normalized spacial score (nSPS) is 11.7. The fourth-order valence-electron chi connectivity index (χ4n) is 7.13. The first kappa shape index (κ1) is 28.1. The molecule has 0 N–H and O–H groups in total. The van der Waals surface area contributed by atoms with Gasteiger partial charge in [-0.25, -0.2) is 0 Å². The van der Waals surface area contributed by atoms with E-state index in [2.05, 4.69) is 146 Å². The van der Waals surface area contributed by atoms with Crippen LogP contribution in [-0.2, 0) is 0 Å². The van der Waals surface area contributed by atoms with Crippen LogP contribution >= 0.6 is 0 Å². The molecule has 0 aliphatic carbocycles. The van der Waals surface area contributed by atoms with Gasteiger partial charge in [0.15, 0.2) is 0 Å². The summed E-state index contributed by atoms with van der Waals surface area (Å²) in [5.74, 6) is 2.01.